The monoisotopic (exact) mass is 408 g/mol. The third kappa shape index (κ3) is 3.66. The maximum absolute atomic E-state index is 2.41. The lowest BCUT2D eigenvalue weighted by molar-refractivity contribution is 1.66. The van der Waals surface area contributed by atoms with Gasteiger partial charge in [0.05, 0.1) is 8.07 Å². The summed E-state index contributed by atoms with van der Waals surface area (Å²) in [7, 11) is -3.70. The average Bonchev–Trinajstić information content (AvgIpc) is 2.76. The molecule has 0 amide bonds. The predicted octanol–water partition coefficient (Wildman–Crippen LogP) is 3.61. The van der Waals surface area contributed by atoms with Gasteiger partial charge in [-0.2, -0.15) is 0 Å². The molecular weight excluding hydrogens is 380 g/mol. The van der Waals surface area contributed by atoms with E-state index in [0.717, 1.165) is 0 Å². The van der Waals surface area contributed by atoms with Gasteiger partial charge in [0.25, 0.3) is 0 Å². The van der Waals surface area contributed by atoms with Crippen LogP contribution in [0, 0.1) is 0 Å². The van der Waals surface area contributed by atoms with Crippen LogP contribution in [0.25, 0.3) is 0 Å². The van der Waals surface area contributed by atoms with E-state index < -0.39 is 16.1 Å². The summed E-state index contributed by atoms with van der Waals surface area (Å²) in [6, 6.07) is 42.9. The van der Waals surface area contributed by atoms with E-state index in [1.54, 1.807) is 0 Å². The van der Waals surface area contributed by atoms with Crippen molar-refractivity contribution in [1.82, 2.24) is 0 Å². The third-order valence-electron chi connectivity index (χ3n) is 5.80. The minimum absolute atomic E-state index is 1.34. The first-order valence-corrected chi connectivity index (χ1v) is 15.8. The van der Waals surface area contributed by atoms with E-state index in [0.29, 0.717) is 0 Å². The Morgan fingerprint density at radius 1 is 0.345 bits per heavy atom. The Morgan fingerprint density at radius 2 is 0.621 bits per heavy atom. The molecule has 0 saturated carbocycles. The van der Waals surface area contributed by atoms with Gasteiger partial charge in [0.15, 0.2) is 8.07 Å². The summed E-state index contributed by atoms with van der Waals surface area (Å²) in [4.78, 5) is 0. The fourth-order valence-corrected chi connectivity index (χ4v) is 10.2. The maximum Gasteiger partial charge on any atom is 0.179 e. The lowest BCUT2D eigenvalue weighted by atomic mass is 10.3. The Morgan fingerprint density at radius 3 is 0.931 bits per heavy atom. The van der Waals surface area contributed by atoms with Crippen molar-refractivity contribution in [1.29, 1.82) is 0 Å². The van der Waals surface area contributed by atoms with Gasteiger partial charge in [-0.1, -0.05) is 140 Å². The first kappa shape index (κ1) is 19.6. The summed E-state index contributed by atoms with van der Waals surface area (Å²) >= 11 is 0. The third-order valence-corrected chi connectivity index (χ3v) is 12.7. The molecule has 0 aliphatic carbocycles. The van der Waals surface area contributed by atoms with Crippen molar-refractivity contribution in [3.8, 4) is 0 Å². The van der Waals surface area contributed by atoms with E-state index in [9.17, 15) is 0 Å². The molecular formula is C27H28Si2. The van der Waals surface area contributed by atoms with E-state index in [2.05, 4.69) is 135 Å². The highest BCUT2D eigenvalue weighted by Gasteiger charge is 2.41. The molecule has 0 atom stereocenters. The lowest BCUT2D eigenvalue weighted by Gasteiger charge is -2.34. The van der Waals surface area contributed by atoms with Crippen LogP contribution in [0.1, 0.15) is 0 Å². The minimum atomic E-state index is -2.37. The molecule has 144 valence electrons. The number of benzene rings is 4. The van der Waals surface area contributed by atoms with Crippen LogP contribution in [0.2, 0.25) is 19.6 Å². The Bertz CT molecular complexity index is 952. The SMILES string of the molecule is C[Si](C)(C)c1ccc([Si](c2ccccc2)(c2ccccc2)c2ccccc2)cc1. The van der Waals surface area contributed by atoms with Crippen molar-refractivity contribution >= 4 is 42.1 Å². The summed E-state index contributed by atoms with van der Waals surface area (Å²) in [5.74, 6) is 0. The second kappa shape index (κ2) is 7.98. The largest absolute Gasteiger partial charge is 0.179 e. The molecule has 0 aromatic heterocycles. The Kier molecular flexibility index (Phi) is 5.40. The quantitative estimate of drug-likeness (QED) is 0.350. The normalized spacial score (nSPS) is 12.0. The molecule has 0 unspecified atom stereocenters. The topological polar surface area (TPSA) is 0 Å². The zero-order valence-electron chi connectivity index (χ0n) is 17.5. The van der Waals surface area contributed by atoms with Crippen molar-refractivity contribution < 1.29 is 0 Å². The molecule has 2 heteroatoms. The fraction of sp³-hybridized carbons (Fsp3) is 0.111. The van der Waals surface area contributed by atoms with Crippen LogP contribution in [0.4, 0.5) is 0 Å². The van der Waals surface area contributed by atoms with E-state index in [-0.39, 0.29) is 0 Å². The molecule has 4 aromatic carbocycles. The average molecular weight is 409 g/mol. The summed E-state index contributed by atoms with van der Waals surface area (Å²) in [6.45, 7) is 7.24. The molecule has 0 aliphatic rings. The highest BCUT2D eigenvalue weighted by atomic mass is 28.3. The Balaban J connectivity index is 2.06. The standard InChI is InChI=1S/C27H28Si2/c1-28(2,3)23-19-21-27(22-20-23)29(24-13-7-4-8-14-24,25-15-9-5-10-16-25)26-17-11-6-12-18-26/h4-22H,1-3H3. The van der Waals surface area contributed by atoms with E-state index in [4.69, 9.17) is 0 Å². The van der Waals surface area contributed by atoms with E-state index in [1.807, 2.05) is 0 Å². The van der Waals surface area contributed by atoms with Gasteiger partial charge in [0, 0.05) is 0 Å². The van der Waals surface area contributed by atoms with Crippen molar-refractivity contribution in [2.24, 2.45) is 0 Å². The molecule has 0 aliphatic heterocycles. The first-order chi connectivity index (χ1) is 14.0. The van der Waals surface area contributed by atoms with Crippen molar-refractivity contribution in [3.05, 3.63) is 115 Å². The molecule has 0 radical (unpaired) electrons. The van der Waals surface area contributed by atoms with Crippen LogP contribution in [-0.4, -0.2) is 16.1 Å². The molecule has 4 aromatic rings. The Hall–Kier alpha value is -2.69. The number of rotatable bonds is 5. The molecule has 0 bridgehead atoms. The molecule has 29 heavy (non-hydrogen) atoms. The smallest absolute Gasteiger partial charge is 0.0656 e. The summed E-state index contributed by atoms with van der Waals surface area (Å²) in [6.07, 6.45) is 0. The number of hydrogen-bond acceptors (Lipinski definition) is 0. The van der Waals surface area contributed by atoms with Gasteiger partial charge in [0.1, 0.15) is 0 Å². The summed E-state index contributed by atoms with van der Waals surface area (Å²) in [5, 5.41) is 7.25. The summed E-state index contributed by atoms with van der Waals surface area (Å²) in [5.41, 5.74) is 0. The minimum Gasteiger partial charge on any atom is -0.0656 e. The van der Waals surface area contributed by atoms with Crippen molar-refractivity contribution in [2.45, 2.75) is 19.6 Å². The first-order valence-electron chi connectivity index (χ1n) is 10.3. The van der Waals surface area contributed by atoms with Crippen LogP contribution in [0.3, 0.4) is 0 Å². The van der Waals surface area contributed by atoms with E-state index in [1.165, 1.54) is 25.9 Å². The molecule has 0 N–H and O–H groups in total. The second-order valence-electron chi connectivity index (χ2n) is 8.68. The summed E-state index contributed by atoms with van der Waals surface area (Å²) < 4.78 is 0. The van der Waals surface area contributed by atoms with Crippen molar-refractivity contribution in [3.63, 3.8) is 0 Å². The van der Waals surface area contributed by atoms with Crippen LogP contribution in [-0.2, 0) is 0 Å². The van der Waals surface area contributed by atoms with Gasteiger partial charge in [-0.3, -0.25) is 0 Å². The number of hydrogen-bond donors (Lipinski definition) is 0. The van der Waals surface area contributed by atoms with Gasteiger partial charge in [-0.25, -0.2) is 0 Å². The Labute approximate surface area is 176 Å². The van der Waals surface area contributed by atoms with Gasteiger partial charge >= 0.3 is 0 Å². The van der Waals surface area contributed by atoms with Gasteiger partial charge in [-0.05, 0) is 20.7 Å². The zero-order valence-corrected chi connectivity index (χ0v) is 19.5. The lowest BCUT2D eigenvalue weighted by Crippen LogP contribution is -2.74. The van der Waals surface area contributed by atoms with Crippen LogP contribution < -0.4 is 25.9 Å². The van der Waals surface area contributed by atoms with Gasteiger partial charge < -0.3 is 0 Å². The van der Waals surface area contributed by atoms with Crippen LogP contribution >= 0.6 is 0 Å². The van der Waals surface area contributed by atoms with Gasteiger partial charge in [0.2, 0.25) is 0 Å². The molecule has 4 rings (SSSR count). The van der Waals surface area contributed by atoms with Crippen LogP contribution in [0.15, 0.2) is 115 Å². The highest BCUT2D eigenvalue weighted by Crippen LogP contribution is 2.10. The molecule has 0 saturated heterocycles. The zero-order chi connectivity index (χ0) is 20.3. The highest BCUT2D eigenvalue weighted by molar-refractivity contribution is 7.19. The molecule has 0 nitrogen and oxygen atoms in total. The van der Waals surface area contributed by atoms with Crippen LogP contribution in [0.5, 0.6) is 0 Å². The maximum atomic E-state index is 2.41. The van der Waals surface area contributed by atoms with Gasteiger partial charge in [-0.15, -0.1) is 0 Å². The van der Waals surface area contributed by atoms with Crippen molar-refractivity contribution in [2.75, 3.05) is 0 Å². The van der Waals surface area contributed by atoms with E-state index >= 15 is 0 Å². The molecule has 0 heterocycles. The molecule has 0 fully saturated rings. The second-order valence-corrected chi connectivity index (χ2v) is 17.6. The fourth-order valence-electron chi connectivity index (χ4n) is 4.28. The molecule has 0 spiro atoms. The predicted molar refractivity (Wildman–Crippen MR) is 133 cm³/mol.